The number of nitrogens with zero attached hydrogens (tertiary/aromatic N) is 2. The summed E-state index contributed by atoms with van der Waals surface area (Å²) < 4.78 is 5.35. The zero-order chi connectivity index (χ0) is 18.7. The summed E-state index contributed by atoms with van der Waals surface area (Å²) in [6.45, 7) is 8.03. The lowest BCUT2D eigenvalue weighted by atomic mass is 9.96. The van der Waals surface area contributed by atoms with Gasteiger partial charge in [0.2, 0.25) is 0 Å². The van der Waals surface area contributed by atoms with Crippen LogP contribution in [0.1, 0.15) is 30.5 Å². The third-order valence-corrected chi connectivity index (χ3v) is 5.05. The highest BCUT2D eigenvalue weighted by Gasteiger charge is 2.41. The SMILES string of the molecule is CC(=O)C1=C(O)C(=O)N(CCCN2CCOCC2)[C@H]1c1ccc(C)cc1. The molecular formula is C20H26N2O4. The third-order valence-electron chi connectivity index (χ3n) is 5.05. The molecule has 2 aliphatic heterocycles. The number of aliphatic hydroxyl groups excluding tert-OH is 1. The van der Waals surface area contributed by atoms with Crippen LogP contribution in [0.3, 0.4) is 0 Å². The Morgan fingerprint density at radius 3 is 2.46 bits per heavy atom. The molecule has 3 rings (SSSR count). The van der Waals surface area contributed by atoms with E-state index in [0.29, 0.717) is 6.54 Å². The van der Waals surface area contributed by atoms with Crippen molar-refractivity contribution in [1.29, 1.82) is 0 Å². The van der Waals surface area contributed by atoms with Gasteiger partial charge in [-0.3, -0.25) is 14.5 Å². The highest BCUT2D eigenvalue weighted by atomic mass is 16.5. The number of morpholine rings is 1. The number of Topliss-reactive ketones (excluding diaryl/α,β-unsaturated/α-hetero) is 1. The van der Waals surface area contributed by atoms with E-state index in [1.165, 1.54) is 6.92 Å². The van der Waals surface area contributed by atoms with Crippen LogP contribution in [-0.4, -0.2) is 66.0 Å². The maximum absolute atomic E-state index is 12.6. The lowest BCUT2D eigenvalue weighted by Gasteiger charge is -2.30. The number of benzene rings is 1. The number of carbonyl (C=O) groups is 2. The summed E-state index contributed by atoms with van der Waals surface area (Å²) >= 11 is 0. The summed E-state index contributed by atoms with van der Waals surface area (Å²) in [7, 11) is 0. The summed E-state index contributed by atoms with van der Waals surface area (Å²) in [5, 5.41) is 10.3. The van der Waals surface area contributed by atoms with Crippen molar-refractivity contribution in [2.75, 3.05) is 39.4 Å². The molecule has 0 saturated carbocycles. The lowest BCUT2D eigenvalue weighted by molar-refractivity contribution is -0.129. The van der Waals surface area contributed by atoms with Crippen molar-refractivity contribution in [3.8, 4) is 0 Å². The molecule has 1 fully saturated rings. The van der Waals surface area contributed by atoms with Gasteiger partial charge < -0.3 is 14.7 Å². The Balaban J connectivity index is 1.76. The van der Waals surface area contributed by atoms with E-state index >= 15 is 0 Å². The lowest BCUT2D eigenvalue weighted by Crippen LogP contribution is -2.39. The fraction of sp³-hybridized carbons (Fsp3) is 0.500. The third kappa shape index (κ3) is 3.81. The number of hydrogen-bond donors (Lipinski definition) is 1. The molecule has 1 aromatic rings. The highest BCUT2D eigenvalue weighted by molar-refractivity contribution is 6.08. The monoisotopic (exact) mass is 358 g/mol. The van der Waals surface area contributed by atoms with E-state index in [0.717, 1.165) is 50.4 Å². The van der Waals surface area contributed by atoms with E-state index in [9.17, 15) is 14.7 Å². The van der Waals surface area contributed by atoms with Gasteiger partial charge in [0.25, 0.3) is 5.91 Å². The molecule has 26 heavy (non-hydrogen) atoms. The van der Waals surface area contributed by atoms with E-state index in [2.05, 4.69) is 4.90 Å². The second-order valence-corrected chi connectivity index (χ2v) is 6.94. The fourth-order valence-electron chi connectivity index (χ4n) is 3.63. The fourth-order valence-corrected chi connectivity index (χ4v) is 3.63. The van der Waals surface area contributed by atoms with Crippen molar-refractivity contribution in [3.63, 3.8) is 0 Å². The van der Waals surface area contributed by atoms with Crippen molar-refractivity contribution in [2.45, 2.75) is 26.3 Å². The van der Waals surface area contributed by atoms with Crippen molar-refractivity contribution in [2.24, 2.45) is 0 Å². The van der Waals surface area contributed by atoms with Gasteiger partial charge in [-0.15, -0.1) is 0 Å². The van der Waals surface area contributed by atoms with E-state index in [-0.39, 0.29) is 11.4 Å². The Morgan fingerprint density at radius 1 is 1.19 bits per heavy atom. The first-order valence-corrected chi connectivity index (χ1v) is 9.10. The molecule has 1 N–H and O–H groups in total. The minimum Gasteiger partial charge on any atom is -0.503 e. The maximum Gasteiger partial charge on any atom is 0.290 e. The molecule has 0 aliphatic carbocycles. The van der Waals surface area contributed by atoms with Crippen LogP contribution in [-0.2, 0) is 14.3 Å². The van der Waals surface area contributed by atoms with Gasteiger partial charge in [0, 0.05) is 26.2 Å². The molecule has 0 unspecified atom stereocenters. The molecule has 1 amide bonds. The average Bonchev–Trinajstić information content (AvgIpc) is 2.88. The number of ether oxygens (including phenoxy) is 1. The standard InChI is InChI=1S/C20H26N2O4/c1-14-4-6-16(7-5-14)18-17(15(2)23)19(24)20(25)22(18)9-3-8-21-10-12-26-13-11-21/h4-7,18,24H,3,8-13H2,1-2H3/t18-/m0/s1. The zero-order valence-corrected chi connectivity index (χ0v) is 15.4. The molecular weight excluding hydrogens is 332 g/mol. The molecule has 2 heterocycles. The molecule has 140 valence electrons. The predicted molar refractivity (Wildman–Crippen MR) is 97.8 cm³/mol. The molecule has 0 bridgehead atoms. The minimum absolute atomic E-state index is 0.199. The second kappa shape index (κ2) is 8.01. The van der Waals surface area contributed by atoms with Gasteiger partial charge in [-0.2, -0.15) is 0 Å². The molecule has 1 aromatic carbocycles. The van der Waals surface area contributed by atoms with Crippen LogP contribution in [0.2, 0.25) is 0 Å². The van der Waals surface area contributed by atoms with E-state index in [1.54, 1.807) is 4.90 Å². The first-order valence-electron chi connectivity index (χ1n) is 9.10. The Morgan fingerprint density at radius 2 is 1.85 bits per heavy atom. The van der Waals surface area contributed by atoms with Crippen LogP contribution in [0.5, 0.6) is 0 Å². The normalized spacial score (nSPS) is 21.5. The summed E-state index contributed by atoms with van der Waals surface area (Å²) in [6.07, 6.45) is 0.784. The van der Waals surface area contributed by atoms with Crippen LogP contribution in [0, 0.1) is 6.92 Å². The Hall–Kier alpha value is -2.18. The van der Waals surface area contributed by atoms with Crippen molar-refractivity contribution in [3.05, 3.63) is 46.7 Å². The Bertz CT molecular complexity index is 705. The second-order valence-electron chi connectivity index (χ2n) is 6.94. The molecule has 0 radical (unpaired) electrons. The van der Waals surface area contributed by atoms with Crippen molar-refractivity contribution in [1.82, 2.24) is 9.80 Å². The number of hydrogen-bond acceptors (Lipinski definition) is 5. The van der Waals surface area contributed by atoms with E-state index < -0.39 is 17.7 Å². The van der Waals surface area contributed by atoms with Crippen LogP contribution in [0.25, 0.3) is 0 Å². The zero-order valence-electron chi connectivity index (χ0n) is 15.4. The van der Waals surface area contributed by atoms with Gasteiger partial charge in [-0.05, 0) is 25.8 Å². The number of carbonyl (C=O) groups excluding carboxylic acids is 2. The van der Waals surface area contributed by atoms with Crippen LogP contribution in [0.15, 0.2) is 35.6 Å². The number of aryl methyl sites for hydroxylation is 1. The van der Waals surface area contributed by atoms with Crippen molar-refractivity contribution < 1.29 is 19.4 Å². The molecule has 0 spiro atoms. The average molecular weight is 358 g/mol. The summed E-state index contributed by atoms with van der Waals surface area (Å²) in [5.74, 6) is -1.13. The van der Waals surface area contributed by atoms with E-state index in [1.807, 2.05) is 31.2 Å². The maximum atomic E-state index is 12.6. The molecule has 6 heteroatoms. The first kappa shape index (κ1) is 18.6. The predicted octanol–water partition coefficient (Wildman–Crippen LogP) is 2.00. The molecule has 1 atom stereocenters. The number of ketones is 1. The smallest absolute Gasteiger partial charge is 0.290 e. The molecule has 0 aromatic heterocycles. The topological polar surface area (TPSA) is 70.1 Å². The van der Waals surface area contributed by atoms with Crippen molar-refractivity contribution >= 4 is 11.7 Å². The van der Waals surface area contributed by atoms with Gasteiger partial charge in [-0.25, -0.2) is 0 Å². The van der Waals surface area contributed by atoms with Gasteiger partial charge in [0.05, 0.1) is 24.8 Å². The number of amides is 1. The van der Waals surface area contributed by atoms with Gasteiger partial charge >= 0.3 is 0 Å². The Labute approximate surface area is 154 Å². The summed E-state index contributed by atoms with van der Waals surface area (Å²) in [4.78, 5) is 28.6. The number of aliphatic hydroxyl groups is 1. The molecule has 2 aliphatic rings. The van der Waals surface area contributed by atoms with Crippen LogP contribution < -0.4 is 0 Å². The molecule has 1 saturated heterocycles. The molecule has 6 nitrogen and oxygen atoms in total. The van der Waals surface area contributed by atoms with Gasteiger partial charge in [0.15, 0.2) is 11.5 Å². The van der Waals surface area contributed by atoms with E-state index in [4.69, 9.17) is 4.74 Å². The summed E-state index contributed by atoms with van der Waals surface area (Å²) in [5.41, 5.74) is 2.16. The summed E-state index contributed by atoms with van der Waals surface area (Å²) in [6, 6.07) is 7.25. The Kier molecular flexibility index (Phi) is 5.74. The number of rotatable bonds is 6. The van der Waals surface area contributed by atoms with Gasteiger partial charge in [0.1, 0.15) is 0 Å². The van der Waals surface area contributed by atoms with Gasteiger partial charge in [-0.1, -0.05) is 29.8 Å². The first-order chi connectivity index (χ1) is 12.5. The minimum atomic E-state index is -0.509. The highest BCUT2D eigenvalue weighted by Crippen LogP contribution is 2.37. The quantitative estimate of drug-likeness (QED) is 0.842. The largest absolute Gasteiger partial charge is 0.503 e. The van der Waals surface area contributed by atoms with Crippen LogP contribution >= 0.6 is 0 Å². The van der Waals surface area contributed by atoms with Crippen LogP contribution in [0.4, 0.5) is 0 Å².